The quantitative estimate of drug-likeness (QED) is 0.622. The zero-order valence-corrected chi connectivity index (χ0v) is 18.5. The Balaban J connectivity index is 0.000000807. The molecule has 0 aliphatic carbocycles. The summed E-state index contributed by atoms with van der Waals surface area (Å²) in [5.74, 6) is 0.398. The summed E-state index contributed by atoms with van der Waals surface area (Å²) in [5.41, 5.74) is -0.0328. The van der Waals surface area contributed by atoms with E-state index in [1.54, 1.807) is 12.3 Å². The molecule has 31 heavy (non-hydrogen) atoms. The van der Waals surface area contributed by atoms with E-state index in [4.69, 9.17) is 0 Å². The lowest BCUT2D eigenvalue weighted by atomic mass is 10.0. The maximum atomic E-state index is 12.9. The highest BCUT2D eigenvalue weighted by Crippen LogP contribution is 2.38. The SMILES string of the molecule is CC.CC.Cc1cc(C(F)(F)F)cc(O)c1-c1ccn2nc(N3CCNCC3)nc2n1. The molecule has 0 amide bonds. The molecule has 3 aromatic rings. The molecule has 1 aromatic carbocycles. The minimum absolute atomic E-state index is 0.247. The third-order valence-electron chi connectivity index (χ3n) is 4.49. The Hall–Kier alpha value is -2.88. The number of anilines is 1. The molecule has 1 aliphatic rings. The number of alkyl halides is 3. The van der Waals surface area contributed by atoms with Gasteiger partial charge in [-0.05, 0) is 30.7 Å². The van der Waals surface area contributed by atoms with Gasteiger partial charge in [0.1, 0.15) is 5.75 Å². The normalized spacial score (nSPS) is 13.9. The molecular formula is C21H29F3N6O. The van der Waals surface area contributed by atoms with Gasteiger partial charge in [0.05, 0.1) is 11.3 Å². The van der Waals surface area contributed by atoms with Gasteiger partial charge in [0.2, 0.25) is 5.95 Å². The van der Waals surface area contributed by atoms with Gasteiger partial charge in [-0.15, -0.1) is 5.10 Å². The van der Waals surface area contributed by atoms with Gasteiger partial charge in [0, 0.05) is 37.9 Å². The molecule has 2 N–H and O–H groups in total. The van der Waals surface area contributed by atoms with E-state index in [1.165, 1.54) is 11.4 Å². The number of rotatable bonds is 2. The van der Waals surface area contributed by atoms with Crippen LogP contribution in [0.15, 0.2) is 24.4 Å². The van der Waals surface area contributed by atoms with Crippen LogP contribution >= 0.6 is 0 Å². The first kappa shape index (κ1) is 24.4. The molecule has 0 bridgehead atoms. The van der Waals surface area contributed by atoms with E-state index in [-0.39, 0.29) is 11.1 Å². The van der Waals surface area contributed by atoms with Crippen LogP contribution in [0.2, 0.25) is 0 Å². The standard InChI is InChI=1S/C17H17F3N6O.2C2H6/c1-10-8-11(17(18,19)20)9-13(27)14(10)12-2-5-26-15(22-12)23-16(24-26)25-6-3-21-4-7-25;2*1-2/h2,5,8-9,21,27H,3-4,6-7H2,1H3;2*1-2H3. The molecule has 7 nitrogen and oxygen atoms in total. The average Bonchev–Trinajstić information content (AvgIpc) is 3.20. The van der Waals surface area contributed by atoms with Crippen LogP contribution < -0.4 is 10.2 Å². The fourth-order valence-corrected chi connectivity index (χ4v) is 3.17. The van der Waals surface area contributed by atoms with Gasteiger partial charge in [-0.25, -0.2) is 9.50 Å². The first-order chi connectivity index (χ1) is 14.8. The Labute approximate surface area is 179 Å². The summed E-state index contributed by atoms with van der Waals surface area (Å²) in [6, 6.07) is 3.31. The highest BCUT2D eigenvalue weighted by Gasteiger charge is 2.32. The van der Waals surface area contributed by atoms with Crippen molar-refractivity contribution in [1.82, 2.24) is 24.9 Å². The second-order valence-corrected chi connectivity index (χ2v) is 6.39. The number of benzene rings is 1. The molecule has 10 heteroatoms. The van der Waals surface area contributed by atoms with E-state index >= 15 is 0 Å². The number of phenols is 1. The van der Waals surface area contributed by atoms with E-state index in [9.17, 15) is 18.3 Å². The van der Waals surface area contributed by atoms with Crippen LogP contribution in [-0.4, -0.2) is 50.9 Å². The van der Waals surface area contributed by atoms with Gasteiger partial charge in [0.25, 0.3) is 5.78 Å². The number of halogens is 3. The van der Waals surface area contributed by atoms with Crippen molar-refractivity contribution in [2.24, 2.45) is 0 Å². The van der Waals surface area contributed by atoms with Crippen LogP contribution in [0.1, 0.15) is 38.8 Å². The number of phenolic OH excluding ortho intramolecular Hbond substituents is 1. The molecule has 170 valence electrons. The number of hydrogen-bond donors (Lipinski definition) is 2. The first-order valence-corrected chi connectivity index (χ1v) is 10.4. The molecule has 0 atom stereocenters. The fraction of sp³-hybridized carbons (Fsp3) is 0.476. The number of fused-ring (bicyclic) bond motifs is 1. The first-order valence-electron chi connectivity index (χ1n) is 10.4. The van der Waals surface area contributed by atoms with E-state index in [0.717, 1.165) is 32.2 Å². The van der Waals surface area contributed by atoms with Crippen molar-refractivity contribution in [2.75, 3.05) is 31.1 Å². The average molecular weight is 438 g/mol. The van der Waals surface area contributed by atoms with Crippen molar-refractivity contribution >= 4 is 11.7 Å². The smallest absolute Gasteiger partial charge is 0.416 e. The summed E-state index contributed by atoms with van der Waals surface area (Å²) in [4.78, 5) is 10.8. The van der Waals surface area contributed by atoms with Crippen molar-refractivity contribution in [3.63, 3.8) is 0 Å². The predicted octanol–water partition coefficient (Wildman–Crippen LogP) is 4.29. The molecule has 1 saturated heterocycles. The third kappa shape index (κ3) is 5.43. The molecule has 3 heterocycles. The Kier molecular flexibility index (Phi) is 8.21. The number of aromatic hydroxyl groups is 1. The lowest BCUT2D eigenvalue weighted by Crippen LogP contribution is -2.44. The number of aromatic nitrogens is 4. The number of piperazine rings is 1. The van der Waals surface area contributed by atoms with Crippen LogP contribution in [0.3, 0.4) is 0 Å². The Morgan fingerprint density at radius 3 is 2.26 bits per heavy atom. The number of hydrogen-bond acceptors (Lipinski definition) is 6. The largest absolute Gasteiger partial charge is 0.507 e. The van der Waals surface area contributed by atoms with Crippen LogP contribution in [0.5, 0.6) is 5.75 Å². The summed E-state index contributed by atoms with van der Waals surface area (Å²) >= 11 is 0. The maximum absolute atomic E-state index is 12.9. The van der Waals surface area contributed by atoms with Crippen LogP contribution in [0, 0.1) is 6.92 Å². The molecule has 0 radical (unpaired) electrons. The number of aryl methyl sites for hydroxylation is 1. The molecule has 0 unspecified atom stereocenters. The Bertz CT molecular complexity index is 973. The number of nitrogens with zero attached hydrogens (tertiary/aromatic N) is 5. The lowest BCUT2D eigenvalue weighted by Gasteiger charge is -2.25. The lowest BCUT2D eigenvalue weighted by molar-refractivity contribution is -0.137. The Morgan fingerprint density at radius 2 is 1.68 bits per heavy atom. The van der Waals surface area contributed by atoms with Crippen molar-refractivity contribution in [3.05, 3.63) is 35.5 Å². The maximum Gasteiger partial charge on any atom is 0.416 e. The molecule has 0 saturated carbocycles. The summed E-state index contributed by atoms with van der Waals surface area (Å²) in [6.07, 6.45) is -2.89. The molecule has 4 rings (SSSR count). The molecule has 1 fully saturated rings. The highest BCUT2D eigenvalue weighted by atomic mass is 19.4. The van der Waals surface area contributed by atoms with Gasteiger partial charge in [0.15, 0.2) is 0 Å². The minimum Gasteiger partial charge on any atom is -0.507 e. The van der Waals surface area contributed by atoms with E-state index < -0.39 is 17.5 Å². The second kappa shape index (κ2) is 10.4. The van der Waals surface area contributed by atoms with Crippen LogP contribution in [-0.2, 0) is 6.18 Å². The fourth-order valence-electron chi connectivity index (χ4n) is 3.17. The molecular weight excluding hydrogens is 409 g/mol. The highest BCUT2D eigenvalue weighted by molar-refractivity contribution is 5.72. The zero-order chi connectivity index (χ0) is 23.2. The summed E-state index contributed by atoms with van der Waals surface area (Å²) in [5, 5.41) is 17.8. The van der Waals surface area contributed by atoms with Crippen molar-refractivity contribution in [2.45, 2.75) is 40.8 Å². The van der Waals surface area contributed by atoms with Crippen LogP contribution in [0.4, 0.5) is 19.1 Å². The Morgan fingerprint density at radius 1 is 1.03 bits per heavy atom. The van der Waals surface area contributed by atoms with Crippen molar-refractivity contribution in [3.8, 4) is 17.0 Å². The molecule has 2 aromatic heterocycles. The molecule has 0 spiro atoms. The van der Waals surface area contributed by atoms with Gasteiger partial charge in [-0.2, -0.15) is 18.2 Å². The zero-order valence-electron chi connectivity index (χ0n) is 18.5. The summed E-state index contributed by atoms with van der Waals surface area (Å²) < 4.78 is 40.2. The van der Waals surface area contributed by atoms with E-state index in [0.29, 0.717) is 23.5 Å². The van der Waals surface area contributed by atoms with Crippen molar-refractivity contribution < 1.29 is 18.3 Å². The topological polar surface area (TPSA) is 78.6 Å². The second-order valence-electron chi connectivity index (χ2n) is 6.39. The van der Waals surface area contributed by atoms with Gasteiger partial charge < -0.3 is 15.3 Å². The van der Waals surface area contributed by atoms with E-state index in [2.05, 4.69) is 20.4 Å². The predicted molar refractivity (Wildman–Crippen MR) is 115 cm³/mol. The summed E-state index contributed by atoms with van der Waals surface area (Å²) in [7, 11) is 0. The number of nitrogens with one attached hydrogen (secondary N) is 1. The monoisotopic (exact) mass is 438 g/mol. The van der Waals surface area contributed by atoms with Gasteiger partial charge >= 0.3 is 6.18 Å². The molecule has 1 aliphatic heterocycles. The third-order valence-corrected chi connectivity index (χ3v) is 4.49. The van der Waals surface area contributed by atoms with Crippen LogP contribution in [0.25, 0.3) is 17.0 Å². The van der Waals surface area contributed by atoms with Crippen molar-refractivity contribution in [1.29, 1.82) is 0 Å². The summed E-state index contributed by atoms with van der Waals surface area (Å²) in [6.45, 7) is 12.7. The minimum atomic E-state index is -4.52. The van der Waals surface area contributed by atoms with E-state index in [1.807, 2.05) is 32.6 Å². The van der Waals surface area contributed by atoms with Gasteiger partial charge in [-0.1, -0.05) is 27.7 Å². The van der Waals surface area contributed by atoms with Gasteiger partial charge in [-0.3, -0.25) is 0 Å².